The Morgan fingerprint density at radius 1 is 0.548 bits per heavy atom. The lowest BCUT2D eigenvalue weighted by molar-refractivity contribution is 1.17. The molecule has 0 saturated heterocycles. The summed E-state index contributed by atoms with van der Waals surface area (Å²) in [6, 6.07) is 50.0. The molecule has 0 radical (unpaired) electrons. The van der Waals surface area contributed by atoms with E-state index in [9.17, 15) is 5.26 Å². The molecule has 6 aromatic carbocycles. The van der Waals surface area contributed by atoms with Gasteiger partial charge in [-0.1, -0.05) is 84.6 Å². The van der Waals surface area contributed by atoms with Crippen molar-refractivity contribution in [1.82, 2.24) is 0 Å². The van der Waals surface area contributed by atoms with Crippen molar-refractivity contribution < 1.29 is 0 Å². The molecule has 0 aliphatic carbocycles. The van der Waals surface area contributed by atoms with Crippen LogP contribution in [0.5, 0.6) is 0 Å². The summed E-state index contributed by atoms with van der Waals surface area (Å²) < 4.78 is 0. The highest BCUT2D eigenvalue weighted by molar-refractivity contribution is 7.99. The normalized spacial score (nSPS) is 13.5. The maximum atomic E-state index is 9.45. The molecule has 0 spiro atoms. The summed E-state index contributed by atoms with van der Waals surface area (Å²) in [5.41, 5.74) is 14.1. The number of para-hydroxylation sites is 4. The number of hydrogen-bond donors (Lipinski definition) is 0. The summed E-state index contributed by atoms with van der Waals surface area (Å²) in [5, 5.41) is 9.45. The van der Waals surface area contributed by atoms with Crippen LogP contribution in [0, 0.1) is 11.3 Å². The Morgan fingerprint density at radius 3 is 2.02 bits per heavy atom. The molecule has 5 heteroatoms. The maximum absolute atomic E-state index is 9.45. The molecule has 0 N–H and O–H groups in total. The smallest absolute Gasteiger partial charge is 0.252 e. The van der Waals surface area contributed by atoms with Gasteiger partial charge >= 0.3 is 0 Å². The van der Waals surface area contributed by atoms with Gasteiger partial charge in [0.2, 0.25) is 0 Å². The van der Waals surface area contributed by atoms with Gasteiger partial charge in [0, 0.05) is 32.5 Å². The number of hydrogen-bond acceptors (Lipinski definition) is 4. The van der Waals surface area contributed by atoms with Gasteiger partial charge in [-0.2, -0.15) is 5.26 Å². The Kier molecular flexibility index (Phi) is 4.99. The fourth-order valence-electron chi connectivity index (χ4n) is 6.90. The molecular formula is C37H22BN3S. The number of nitriles is 1. The minimum absolute atomic E-state index is 0.109. The van der Waals surface area contributed by atoms with Crippen LogP contribution in [0.25, 0.3) is 11.1 Å². The highest BCUT2D eigenvalue weighted by atomic mass is 32.2. The van der Waals surface area contributed by atoms with Crippen LogP contribution in [0.4, 0.5) is 34.1 Å². The minimum atomic E-state index is 0.109. The average Bonchev–Trinajstić information content (AvgIpc) is 3.06. The molecule has 194 valence electrons. The fraction of sp³-hybridized carbons (Fsp3) is 0. The SMILES string of the molecule is N#Cc1ccc(-c2cc3c4c(c2)N2c5ccccc5Sc5cccc(c52)B4c2ccccc2N3c2ccccc2)cc1. The largest absolute Gasteiger partial charge is 0.311 e. The third-order valence-corrected chi connectivity index (χ3v) is 9.76. The van der Waals surface area contributed by atoms with Crippen molar-refractivity contribution in [2.45, 2.75) is 9.79 Å². The van der Waals surface area contributed by atoms with Gasteiger partial charge in [-0.25, -0.2) is 0 Å². The number of rotatable bonds is 2. The minimum Gasteiger partial charge on any atom is -0.311 e. The quantitative estimate of drug-likeness (QED) is 0.205. The van der Waals surface area contributed by atoms with Crippen LogP contribution in [-0.2, 0) is 0 Å². The number of nitrogens with zero attached hydrogens (tertiary/aromatic N) is 3. The summed E-state index contributed by atoms with van der Waals surface area (Å²) in [6.45, 7) is 0.109. The van der Waals surface area contributed by atoms with Gasteiger partial charge in [-0.3, -0.25) is 0 Å². The van der Waals surface area contributed by atoms with E-state index in [-0.39, 0.29) is 6.71 Å². The van der Waals surface area contributed by atoms with Gasteiger partial charge in [-0.05, 0) is 88.2 Å². The lowest BCUT2D eigenvalue weighted by atomic mass is 9.33. The third kappa shape index (κ3) is 3.24. The van der Waals surface area contributed by atoms with E-state index in [4.69, 9.17) is 0 Å². The van der Waals surface area contributed by atoms with Gasteiger partial charge in [-0.15, -0.1) is 0 Å². The van der Waals surface area contributed by atoms with Crippen molar-refractivity contribution in [2.24, 2.45) is 0 Å². The Bertz CT molecular complexity index is 2100. The van der Waals surface area contributed by atoms with E-state index in [2.05, 4.69) is 137 Å². The van der Waals surface area contributed by atoms with E-state index in [1.54, 1.807) is 0 Å². The van der Waals surface area contributed by atoms with E-state index in [1.165, 1.54) is 54.6 Å². The van der Waals surface area contributed by atoms with Gasteiger partial charge in [0.1, 0.15) is 0 Å². The van der Waals surface area contributed by atoms with E-state index < -0.39 is 0 Å². The Morgan fingerprint density at radius 2 is 1.21 bits per heavy atom. The van der Waals surface area contributed by atoms with E-state index in [0.29, 0.717) is 5.56 Å². The molecule has 3 aliphatic rings. The molecule has 0 saturated carbocycles. The molecule has 0 unspecified atom stereocenters. The highest BCUT2D eigenvalue weighted by Crippen LogP contribution is 2.54. The summed E-state index contributed by atoms with van der Waals surface area (Å²) in [4.78, 5) is 7.47. The summed E-state index contributed by atoms with van der Waals surface area (Å²) in [7, 11) is 0. The molecule has 3 aliphatic heterocycles. The molecular weight excluding hydrogens is 529 g/mol. The molecule has 6 aromatic rings. The number of fused-ring (bicyclic) bond motifs is 6. The number of anilines is 6. The fourth-order valence-corrected chi connectivity index (χ4v) is 8.00. The van der Waals surface area contributed by atoms with Crippen LogP contribution in [-0.4, -0.2) is 6.71 Å². The second-order valence-corrected chi connectivity index (χ2v) is 12.0. The second-order valence-electron chi connectivity index (χ2n) is 10.9. The lowest BCUT2D eigenvalue weighted by Crippen LogP contribution is -2.61. The predicted molar refractivity (Wildman–Crippen MR) is 175 cm³/mol. The monoisotopic (exact) mass is 551 g/mol. The van der Waals surface area contributed by atoms with E-state index >= 15 is 0 Å². The lowest BCUT2D eigenvalue weighted by Gasteiger charge is -2.46. The summed E-state index contributed by atoms with van der Waals surface area (Å²) in [6.07, 6.45) is 0. The zero-order valence-electron chi connectivity index (χ0n) is 22.5. The Hall–Kier alpha value is -5.18. The van der Waals surface area contributed by atoms with Crippen LogP contribution < -0.4 is 26.2 Å². The molecule has 0 amide bonds. The van der Waals surface area contributed by atoms with E-state index in [0.717, 1.165) is 16.8 Å². The van der Waals surface area contributed by atoms with Crippen molar-refractivity contribution in [1.29, 1.82) is 5.26 Å². The van der Waals surface area contributed by atoms with Crippen molar-refractivity contribution >= 4 is 69.0 Å². The van der Waals surface area contributed by atoms with Crippen LogP contribution >= 0.6 is 11.8 Å². The van der Waals surface area contributed by atoms with Crippen molar-refractivity contribution in [3.63, 3.8) is 0 Å². The van der Waals surface area contributed by atoms with Crippen molar-refractivity contribution in [2.75, 3.05) is 9.80 Å². The predicted octanol–water partition coefficient (Wildman–Crippen LogP) is 7.77. The van der Waals surface area contributed by atoms with Crippen LogP contribution in [0.1, 0.15) is 5.56 Å². The van der Waals surface area contributed by atoms with Crippen LogP contribution in [0.3, 0.4) is 0 Å². The molecule has 0 fully saturated rings. The van der Waals surface area contributed by atoms with Crippen LogP contribution in [0.15, 0.2) is 143 Å². The molecule has 0 bridgehead atoms. The van der Waals surface area contributed by atoms with Gasteiger partial charge in [0.05, 0.1) is 23.0 Å². The number of benzene rings is 6. The van der Waals surface area contributed by atoms with E-state index in [1.807, 2.05) is 23.9 Å². The van der Waals surface area contributed by atoms with Gasteiger partial charge < -0.3 is 9.80 Å². The zero-order chi connectivity index (χ0) is 27.8. The Labute approximate surface area is 249 Å². The van der Waals surface area contributed by atoms with Crippen molar-refractivity contribution in [3.05, 3.63) is 139 Å². The topological polar surface area (TPSA) is 30.3 Å². The zero-order valence-corrected chi connectivity index (χ0v) is 23.3. The molecule has 42 heavy (non-hydrogen) atoms. The molecule has 0 aromatic heterocycles. The molecule has 9 rings (SSSR count). The average molecular weight is 551 g/mol. The first kappa shape index (κ1) is 23.5. The van der Waals surface area contributed by atoms with Gasteiger partial charge in [0.15, 0.2) is 0 Å². The van der Waals surface area contributed by atoms with Gasteiger partial charge in [0.25, 0.3) is 6.71 Å². The summed E-state index contributed by atoms with van der Waals surface area (Å²) >= 11 is 1.86. The second kappa shape index (κ2) is 8.91. The van der Waals surface area contributed by atoms with Crippen molar-refractivity contribution in [3.8, 4) is 17.2 Å². The first-order chi connectivity index (χ1) is 20.8. The standard InChI is InChI=1S/C37H22BN3S/c39-23-24-17-19-25(20-18-24)26-21-32-36-33(22-26)41-31-14-6-7-15-34(31)42-35-16-8-12-29(37(35)41)38(36)28-11-4-5-13-30(28)40(32)27-9-2-1-3-10-27/h1-22H. The highest BCUT2D eigenvalue weighted by Gasteiger charge is 2.45. The first-order valence-electron chi connectivity index (χ1n) is 14.1. The first-order valence-corrected chi connectivity index (χ1v) is 14.9. The molecule has 0 atom stereocenters. The summed E-state index contributed by atoms with van der Waals surface area (Å²) in [5.74, 6) is 0. The molecule has 3 nitrogen and oxygen atoms in total. The third-order valence-electron chi connectivity index (χ3n) is 8.65. The van der Waals surface area contributed by atoms with Crippen LogP contribution in [0.2, 0.25) is 0 Å². The maximum Gasteiger partial charge on any atom is 0.252 e. The molecule has 3 heterocycles. The Balaban J connectivity index is 1.42.